The van der Waals surface area contributed by atoms with Crippen LogP contribution in [-0.2, 0) is 25.9 Å². The predicted octanol–water partition coefficient (Wildman–Crippen LogP) is 6.05. The summed E-state index contributed by atoms with van der Waals surface area (Å²) in [6, 6.07) is 11.3. The Bertz CT molecular complexity index is 1470. The summed E-state index contributed by atoms with van der Waals surface area (Å²) in [5.41, 5.74) is 2.51. The Labute approximate surface area is 225 Å². The van der Waals surface area contributed by atoms with Gasteiger partial charge in [-0.1, -0.05) is 31.2 Å². The minimum absolute atomic E-state index is 0.0646. The summed E-state index contributed by atoms with van der Waals surface area (Å²) in [5, 5.41) is 3.01. The number of ether oxygens (including phenoxy) is 1. The second kappa shape index (κ2) is 11.1. The molecule has 2 unspecified atom stereocenters. The van der Waals surface area contributed by atoms with Crippen molar-refractivity contribution in [3.8, 4) is 10.7 Å². The SMILES string of the molecule is CCOC(=O)C1CCCN(Cc2cnc(-c3cc4cccc(C(CC)S(=O)(=O)c5cccs5)c4[nH]3)s2)C1. The number of aromatic amines is 1. The number of thiazole rings is 1. The fraction of sp³-hybridized carbons (Fsp3) is 0.407. The largest absolute Gasteiger partial charge is 0.466 e. The number of sulfone groups is 1. The Hall–Kier alpha value is -2.53. The van der Waals surface area contributed by atoms with E-state index in [4.69, 9.17) is 4.74 Å². The van der Waals surface area contributed by atoms with E-state index in [1.54, 1.807) is 28.8 Å². The van der Waals surface area contributed by atoms with Crippen molar-refractivity contribution < 1.29 is 17.9 Å². The molecule has 1 aliphatic rings. The van der Waals surface area contributed by atoms with E-state index in [9.17, 15) is 13.2 Å². The Morgan fingerprint density at radius 2 is 2.14 bits per heavy atom. The van der Waals surface area contributed by atoms with E-state index in [0.29, 0.717) is 23.8 Å². The number of benzene rings is 1. The highest BCUT2D eigenvalue weighted by Crippen LogP contribution is 2.38. The molecule has 1 N–H and O–H groups in total. The summed E-state index contributed by atoms with van der Waals surface area (Å²) in [6.07, 6.45) is 4.24. The van der Waals surface area contributed by atoms with Crippen LogP contribution in [0.1, 0.15) is 48.8 Å². The fourth-order valence-corrected chi connectivity index (χ4v) is 9.06. The number of thiophene rings is 1. The molecule has 1 aliphatic heterocycles. The Kier molecular flexibility index (Phi) is 7.80. The number of rotatable bonds is 9. The number of esters is 1. The molecular formula is C27H31N3O4S3. The van der Waals surface area contributed by atoms with E-state index >= 15 is 0 Å². The minimum atomic E-state index is -3.49. The van der Waals surface area contributed by atoms with Gasteiger partial charge in [0.2, 0.25) is 0 Å². The summed E-state index contributed by atoms with van der Waals surface area (Å²) in [7, 11) is -3.49. The smallest absolute Gasteiger partial charge is 0.310 e. The molecule has 1 fully saturated rings. The van der Waals surface area contributed by atoms with E-state index in [1.165, 1.54) is 11.3 Å². The van der Waals surface area contributed by atoms with Crippen LogP contribution in [0.15, 0.2) is 52.2 Å². The lowest BCUT2D eigenvalue weighted by molar-refractivity contribution is -0.150. The van der Waals surface area contributed by atoms with Crippen molar-refractivity contribution in [2.45, 2.75) is 49.1 Å². The number of carbonyl (C=O) groups is 1. The molecule has 0 saturated carbocycles. The van der Waals surface area contributed by atoms with Crippen LogP contribution in [0.2, 0.25) is 0 Å². The highest BCUT2D eigenvalue weighted by atomic mass is 32.2. The van der Waals surface area contributed by atoms with Crippen molar-refractivity contribution in [3.63, 3.8) is 0 Å². The van der Waals surface area contributed by atoms with Gasteiger partial charge in [0.1, 0.15) is 9.22 Å². The van der Waals surface area contributed by atoms with Gasteiger partial charge in [-0.2, -0.15) is 0 Å². The molecule has 0 aliphatic carbocycles. The van der Waals surface area contributed by atoms with Gasteiger partial charge in [0.05, 0.1) is 29.0 Å². The third-order valence-corrected chi connectivity index (χ3v) is 11.5. The average Bonchev–Trinajstić information content (AvgIpc) is 3.65. The number of nitrogens with zero attached hydrogens (tertiary/aromatic N) is 2. The summed E-state index contributed by atoms with van der Waals surface area (Å²) in [4.78, 5) is 23.8. The van der Waals surface area contributed by atoms with Gasteiger partial charge in [-0.05, 0) is 55.8 Å². The summed E-state index contributed by atoms with van der Waals surface area (Å²) < 4.78 is 32.4. The zero-order chi connectivity index (χ0) is 26.0. The number of carbonyl (C=O) groups excluding carboxylic acids is 1. The molecule has 2 atom stereocenters. The van der Waals surface area contributed by atoms with Crippen LogP contribution in [0, 0.1) is 5.92 Å². The predicted molar refractivity (Wildman–Crippen MR) is 149 cm³/mol. The number of aromatic nitrogens is 2. The summed E-state index contributed by atoms with van der Waals surface area (Å²) in [6.45, 7) is 6.58. The van der Waals surface area contributed by atoms with Crippen molar-refractivity contribution in [2.24, 2.45) is 5.92 Å². The zero-order valence-corrected chi connectivity index (χ0v) is 23.4. The number of para-hydroxylation sites is 1. The first-order chi connectivity index (χ1) is 17.9. The lowest BCUT2D eigenvalue weighted by atomic mass is 9.98. The number of hydrogen-bond donors (Lipinski definition) is 1. The van der Waals surface area contributed by atoms with Crippen molar-refractivity contribution in [2.75, 3.05) is 19.7 Å². The first-order valence-corrected chi connectivity index (χ1v) is 15.9. The van der Waals surface area contributed by atoms with Crippen LogP contribution >= 0.6 is 22.7 Å². The molecule has 3 aromatic heterocycles. The molecule has 0 radical (unpaired) electrons. The molecule has 1 aromatic carbocycles. The average molecular weight is 558 g/mol. The first kappa shape index (κ1) is 26.1. The molecule has 5 rings (SSSR count). The molecule has 0 bridgehead atoms. The van der Waals surface area contributed by atoms with Gasteiger partial charge in [-0.15, -0.1) is 22.7 Å². The van der Waals surface area contributed by atoms with E-state index in [2.05, 4.69) is 14.9 Å². The number of fused-ring (bicyclic) bond motifs is 1. The van der Waals surface area contributed by atoms with Gasteiger partial charge in [-0.25, -0.2) is 13.4 Å². The van der Waals surface area contributed by atoms with Gasteiger partial charge in [0.25, 0.3) is 0 Å². The summed E-state index contributed by atoms with van der Waals surface area (Å²) in [5.74, 6) is -0.164. The van der Waals surface area contributed by atoms with Crippen LogP contribution in [-0.4, -0.2) is 49.0 Å². The monoisotopic (exact) mass is 557 g/mol. The molecule has 37 heavy (non-hydrogen) atoms. The molecule has 4 heterocycles. The summed E-state index contributed by atoms with van der Waals surface area (Å²) >= 11 is 2.88. The standard InChI is InChI=1S/C27H31N3O4S3/c1-3-23(37(32,33)24-11-7-13-35-24)21-10-5-8-18-14-22(29-25(18)21)26-28-15-20(36-26)17-30-12-6-9-19(16-30)27(31)34-4-2/h5,7-8,10-11,13-15,19,23,29H,3-4,6,9,12,16-17H2,1-2H3. The second-order valence-electron chi connectivity index (χ2n) is 9.33. The lowest BCUT2D eigenvalue weighted by Gasteiger charge is -2.30. The van der Waals surface area contributed by atoms with Crippen molar-refractivity contribution in [3.05, 3.63) is 58.4 Å². The normalized spacial score (nSPS) is 17.7. The van der Waals surface area contributed by atoms with Gasteiger partial charge in [0.15, 0.2) is 9.84 Å². The van der Waals surface area contributed by atoms with Gasteiger partial charge < -0.3 is 9.72 Å². The van der Waals surface area contributed by atoms with Crippen molar-refractivity contribution in [1.29, 1.82) is 0 Å². The van der Waals surface area contributed by atoms with Crippen LogP contribution in [0.3, 0.4) is 0 Å². The van der Waals surface area contributed by atoms with Gasteiger partial charge >= 0.3 is 5.97 Å². The molecule has 0 spiro atoms. The highest BCUT2D eigenvalue weighted by molar-refractivity contribution is 7.93. The van der Waals surface area contributed by atoms with Gasteiger partial charge in [-0.3, -0.25) is 9.69 Å². The molecule has 7 nitrogen and oxygen atoms in total. The number of piperidine rings is 1. The van der Waals surface area contributed by atoms with Crippen LogP contribution < -0.4 is 0 Å². The maximum Gasteiger partial charge on any atom is 0.310 e. The van der Waals surface area contributed by atoms with E-state index in [1.807, 2.05) is 44.3 Å². The molecular weight excluding hydrogens is 527 g/mol. The minimum Gasteiger partial charge on any atom is -0.466 e. The molecule has 10 heteroatoms. The molecule has 4 aromatic rings. The maximum atomic E-state index is 13.4. The zero-order valence-electron chi connectivity index (χ0n) is 21.0. The Morgan fingerprint density at radius 1 is 1.27 bits per heavy atom. The lowest BCUT2D eigenvalue weighted by Crippen LogP contribution is -2.38. The molecule has 0 amide bonds. The molecule has 1 saturated heterocycles. The van der Waals surface area contributed by atoms with Crippen molar-refractivity contribution in [1.82, 2.24) is 14.9 Å². The van der Waals surface area contributed by atoms with Gasteiger partial charge in [0, 0.05) is 29.5 Å². The highest BCUT2D eigenvalue weighted by Gasteiger charge is 2.31. The van der Waals surface area contributed by atoms with Crippen LogP contribution in [0.4, 0.5) is 0 Å². The van der Waals surface area contributed by atoms with Crippen molar-refractivity contribution >= 4 is 49.4 Å². The van der Waals surface area contributed by atoms with Crippen LogP contribution in [0.25, 0.3) is 21.6 Å². The van der Waals surface area contributed by atoms with E-state index in [-0.39, 0.29) is 11.9 Å². The molecule has 196 valence electrons. The number of likely N-dealkylation sites (tertiary alicyclic amines) is 1. The maximum absolute atomic E-state index is 13.4. The number of nitrogens with one attached hydrogen (secondary N) is 1. The second-order valence-corrected chi connectivity index (χ2v) is 13.7. The fourth-order valence-electron chi connectivity index (χ4n) is 5.11. The topological polar surface area (TPSA) is 92.4 Å². The van der Waals surface area contributed by atoms with E-state index < -0.39 is 15.1 Å². The van der Waals surface area contributed by atoms with E-state index in [0.717, 1.165) is 58.0 Å². The Morgan fingerprint density at radius 3 is 2.89 bits per heavy atom. The Balaban J connectivity index is 1.38. The van der Waals surface area contributed by atoms with Crippen LogP contribution in [0.5, 0.6) is 0 Å². The first-order valence-electron chi connectivity index (χ1n) is 12.6. The quantitative estimate of drug-likeness (QED) is 0.252. The third-order valence-electron chi connectivity index (χ3n) is 6.85. The number of H-pyrrole nitrogens is 1. The number of hydrogen-bond acceptors (Lipinski definition) is 8. The third kappa shape index (κ3) is 5.38.